The molecule has 5 nitrogen and oxygen atoms in total. The zero-order valence-corrected chi connectivity index (χ0v) is 19.4. The van der Waals surface area contributed by atoms with Crippen LogP contribution in [0.4, 0.5) is 24.5 Å². The molecule has 0 fully saturated rings. The van der Waals surface area contributed by atoms with Crippen molar-refractivity contribution in [2.75, 3.05) is 9.80 Å². The molecule has 1 heterocycles. The predicted molar refractivity (Wildman–Crippen MR) is 127 cm³/mol. The van der Waals surface area contributed by atoms with Crippen molar-refractivity contribution < 1.29 is 18.0 Å². The number of anilines is 2. The third-order valence-electron chi connectivity index (χ3n) is 5.24. The molecule has 4 rings (SSSR count). The Morgan fingerprint density at radius 1 is 0.941 bits per heavy atom. The van der Waals surface area contributed by atoms with Crippen molar-refractivity contribution in [1.29, 1.82) is 0 Å². The van der Waals surface area contributed by atoms with Crippen molar-refractivity contribution in [2.24, 2.45) is 5.84 Å². The first-order valence-electron chi connectivity index (χ1n) is 9.79. The molecule has 1 atom stereocenters. The van der Waals surface area contributed by atoms with Crippen LogP contribution in [0.3, 0.4) is 0 Å². The molecule has 0 saturated carbocycles. The lowest BCUT2D eigenvalue weighted by Crippen LogP contribution is -2.39. The summed E-state index contributed by atoms with van der Waals surface area (Å²) < 4.78 is 39.7. The number of nitrogens with zero attached hydrogens (tertiary/aromatic N) is 2. The van der Waals surface area contributed by atoms with Crippen LogP contribution in [0.2, 0.25) is 15.1 Å². The second-order valence-corrected chi connectivity index (χ2v) is 8.55. The third kappa shape index (κ3) is 4.54. The van der Waals surface area contributed by atoms with Gasteiger partial charge in [0.25, 0.3) is 5.91 Å². The fourth-order valence-corrected chi connectivity index (χ4v) is 4.34. The first-order valence-corrected chi connectivity index (χ1v) is 10.9. The van der Waals surface area contributed by atoms with E-state index in [9.17, 15) is 18.0 Å². The van der Waals surface area contributed by atoms with E-state index in [0.717, 1.165) is 12.1 Å². The Bertz CT molecular complexity index is 1270. The molecule has 0 aromatic heterocycles. The van der Waals surface area contributed by atoms with Crippen LogP contribution >= 0.6 is 34.8 Å². The van der Waals surface area contributed by atoms with Crippen LogP contribution in [-0.2, 0) is 11.0 Å². The number of benzene rings is 3. The van der Waals surface area contributed by atoms with Crippen LogP contribution in [0.25, 0.3) is 0 Å². The molecule has 1 amide bonds. The van der Waals surface area contributed by atoms with Gasteiger partial charge in [-0.1, -0.05) is 53.0 Å². The normalized spacial score (nSPS) is 16.0. The van der Waals surface area contributed by atoms with E-state index in [1.54, 1.807) is 53.4 Å². The molecule has 11 heteroatoms. The van der Waals surface area contributed by atoms with E-state index in [-0.39, 0.29) is 16.4 Å². The van der Waals surface area contributed by atoms with Crippen molar-refractivity contribution in [2.45, 2.75) is 12.3 Å². The van der Waals surface area contributed by atoms with Gasteiger partial charge in [0, 0.05) is 27.5 Å². The number of hydrazine groups is 1. The van der Waals surface area contributed by atoms with Gasteiger partial charge in [0.1, 0.15) is 11.9 Å². The van der Waals surface area contributed by atoms with Gasteiger partial charge in [-0.25, -0.2) is 5.84 Å². The molecular weight excluding hydrogens is 512 g/mol. The number of hydrogen-bond acceptors (Lipinski definition) is 4. The Morgan fingerprint density at radius 2 is 1.62 bits per heavy atom. The Hall–Kier alpha value is -2.91. The molecular formula is C23H16Cl3F3N4O. The molecule has 0 spiro atoms. The van der Waals surface area contributed by atoms with Crippen LogP contribution in [0.1, 0.15) is 17.3 Å². The molecule has 1 aliphatic rings. The highest BCUT2D eigenvalue weighted by molar-refractivity contribution is 6.34. The van der Waals surface area contributed by atoms with Crippen LogP contribution in [0.15, 0.2) is 78.6 Å². The van der Waals surface area contributed by atoms with Gasteiger partial charge in [0.2, 0.25) is 0 Å². The molecule has 0 aliphatic carbocycles. The van der Waals surface area contributed by atoms with Gasteiger partial charge in [-0.2, -0.15) is 13.2 Å². The molecule has 3 N–H and O–H groups in total. The first kappa shape index (κ1) is 24.2. The number of carbonyl (C=O) groups excluding carboxylic acids is 1. The third-order valence-corrected chi connectivity index (χ3v) is 6.13. The van der Waals surface area contributed by atoms with Crippen molar-refractivity contribution >= 4 is 52.1 Å². The Morgan fingerprint density at radius 3 is 2.21 bits per heavy atom. The van der Waals surface area contributed by atoms with E-state index in [1.165, 1.54) is 17.2 Å². The molecule has 1 unspecified atom stereocenters. The molecule has 0 radical (unpaired) electrons. The van der Waals surface area contributed by atoms with Crippen LogP contribution in [0, 0.1) is 0 Å². The van der Waals surface area contributed by atoms with E-state index in [4.69, 9.17) is 40.6 Å². The van der Waals surface area contributed by atoms with Gasteiger partial charge in [-0.15, -0.1) is 0 Å². The fourth-order valence-electron chi connectivity index (χ4n) is 3.71. The van der Waals surface area contributed by atoms with Gasteiger partial charge < -0.3 is 9.80 Å². The van der Waals surface area contributed by atoms with E-state index in [0.29, 0.717) is 21.3 Å². The number of halogens is 6. The zero-order chi connectivity index (χ0) is 24.6. The van der Waals surface area contributed by atoms with Gasteiger partial charge in [-0.3, -0.25) is 10.2 Å². The lowest BCUT2D eigenvalue weighted by Gasteiger charge is -2.35. The predicted octanol–water partition coefficient (Wildman–Crippen LogP) is 6.52. The van der Waals surface area contributed by atoms with Crippen LogP contribution in [0.5, 0.6) is 0 Å². The second kappa shape index (κ2) is 9.38. The van der Waals surface area contributed by atoms with Crippen molar-refractivity contribution in [3.8, 4) is 0 Å². The minimum absolute atomic E-state index is 0.0454. The van der Waals surface area contributed by atoms with E-state index >= 15 is 0 Å². The fraction of sp³-hybridized carbons (Fsp3) is 0.0870. The van der Waals surface area contributed by atoms with Crippen LogP contribution in [-0.4, -0.2) is 5.91 Å². The molecule has 1 aliphatic heterocycles. The summed E-state index contributed by atoms with van der Waals surface area (Å²) in [6, 6.07) is 16.6. The second-order valence-electron chi connectivity index (χ2n) is 7.30. The highest BCUT2D eigenvalue weighted by Crippen LogP contribution is 2.46. The first-order chi connectivity index (χ1) is 16.1. The monoisotopic (exact) mass is 526 g/mol. The zero-order valence-electron chi connectivity index (χ0n) is 17.2. The van der Waals surface area contributed by atoms with Crippen molar-refractivity contribution in [3.05, 3.63) is 105 Å². The van der Waals surface area contributed by atoms with Gasteiger partial charge in [0.05, 0.1) is 16.3 Å². The summed E-state index contributed by atoms with van der Waals surface area (Å²) >= 11 is 18.9. The summed E-state index contributed by atoms with van der Waals surface area (Å²) in [6.45, 7) is 0. The van der Waals surface area contributed by atoms with E-state index in [1.807, 2.05) is 0 Å². The number of alkyl halides is 3. The highest BCUT2D eigenvalue weighted by Gasteiger charge is 2.40. The summed E-state index contributed by atoms with van der Waals surface area (Å²) in [7, 11) is 0. The Labute approximate surface area is 208 Å². The maximum atomic E-state index is 13.2. The number of hydrogen-bond donors (Lipinski definition) is 2. The molecule has 0 saturated heterocycles. The molecule has 176 valence electrons. The van der Waals surface area contributed by atoms with Crippen LogP contribution < -0.4 is 21.1 Å². The average Bonchev–Trinajstić information content (AvgIpc) is 3.18. The maximum absolute atomic E-state index is 13.2. The van der Waals surface area contributed by atoms with E-state index in [2.05, 4.69) is 5.43 Å². The number of rotatable bonds is 4. The lowest BCUT2D eigenvalue weighted by atomic mass is 10.1. The summed E-state index contributed by atoms with van der Waals surface area (Å²) in [6.07, 6.45) is -3.85. The smallest absolute Gasteiger partial charge is 0.320 e. The summed E-state index contributed by atoms with van der Waals surface area (Å²) in [5.41, 5.74) is 2.58. The summed E-state index contributed by atoms with van der Waals surface area (Å²) in [4.78, 5) is 16.0. The SMILES string of the molecule is NNC(=O)C1=CN(c2ccc(Cl)cc2)C(c2ccccc2Cl)N1c1ccc(C(F)(F)F)cc1Cl. The Balaban J connectivity index is 1.94. The number of carbonyl (C=O) groups is 1. The van der Waals surface area contributed by atoms with Gasteiger partial charge >= 0.3 is 6.18 Å². The average molecular weight is 528 g/mol. The van der Waals surface area contributed by atoms with E-state index < -0.39 is 23.8 Å². The van der Waals surface area contributed by atoms with Crippen molar-refractivity contribution in [1.82, 2.24) is 5.43 Å². The molecule has 3 aromatic carbocycles. The van der Waals surface area contributed by atoms with Gasteiger partial charge in [-0.05, 0) is 48.5 Å². The summed E-state index contributed by atoms with van der Waals surface area (Å²) in [5, 5.41) is 0.673. The molecule has 34 heavy (non-hydrogen) atoms. The quantitative estimate of drug-likeness (QED) is 0.230. The maximum Gasteiger partial charge on any atom is 0.416 e. The van der Waals surface area contributed by atoms with Gasteiger partial charge in [0.15, 0.2) is 0 Å². The Kier molecular flexibility index (Phi) is 6.69. The topological polar surface area (TPSA) is 61.6 Å². The lowest BCUT2D eigenvalue weighted by molar-refractivity contribution is -0.137. The molecule has 0 bridgehead atoms. The standard InChI is InChI=1S/C23H16Cl3F3N4O/c24-14-6-8-15(9-7-14)32-12-20(21(34)31-30)33(22(32)16-3-1-2-4-17(16)25)19-10-5-13(11-18(19)26)23(27,28)29/h1-12,22H,30H2,(H,31,34). The number of nitrogens with one attached hydrogen (secondary N) is 1. The molecule has 3 aromatic rings. The number of nitrogens with two attached hydrogens (primary N) is 1. The largest absolute Gasteiger partial charge is 0.416 e. The summed E-state index contributed by atoms with van der Waals surface area (Å²) in [5.74, 6) is 4.74. The highest BCUT2D eigenvalue weighted by atomic mass is 35.5. The minimum atomic E-state index is -4.59. The van der Waals surface area contributed by atoms with Crippen molar-refractivity contribution in [3.63, 3.8) is 0 Å². The number of amides is 1. The minimum Gasteiger partial charge on any atom is -0.320 e.